The third-order valence-corrected chi connectivity index (χ3v) is 1.48. The number of H-pyrrole nitrogens is 2. The van der Waals surface area contributed by atoms with E-state index in [-0.39, 0.29) is 0 Å². The zero-order chi connectivity index (χ0) is 9.64. The van der Waals surface area contributed by atoms with Gasteiger partial charge in [-0.1, -0.05) is 0 Å². The van der Waals surface area contributed by atoms with Gasteiger partial charge in [-0.3, -0.25) is 20.2 Å². The molecule has 6 heteroatoms. The van der Waals surface area contributed by atoms with Gasteiger partial charge in [0.2, 0.25) is 0 Å². The molecule has 2 aromatic heterocycles. The molecule has 0 spiro atoms. The Morgan fingerprint density at radius 1 is 0.929 bits per heavy atom. The Balaban J connectivity index is 1.94. The number of hydrogen-bond acceptors (Lipinski definition) is 4. The van der Waals surface area contributed by atoms with Crippen LogP contribution in [-0.4, -0.2) is 32.8 Å². The number of nitrogens with one attached hydrogen (secondary N) is 2. The van der Waals surface area contributed by atoms with Crippen molar-refractivity contribution in [2.75, 3.05) is 0 Å². The highest BCUT2D eigenvalue weighted by Crippen LogP contribution is 2.06. The van der Waals surface area contributed by atoms with Crippen molar-refractivity contribution in [3.8, 4) is 0 Å². The minimum Gasteiger partial charge on any atom is -0.283 e. The SMILES string of the molecule is C(C=Nc1cn[nH]c1)=Nc1cn[nH]c1. The number of rotatable bonds is 3. The largest absolute Gasteiger partial charge is 0.283 e. The smallest absolute Gasteiger partial charge is 0.101 e. The fourth-order valence-corrected chi connectivity index (χ4v) is 0.868. The highest BCUT2D eigenvalue weighted by molar-refractivity contribution is 6.17. The van der Waals surface area contributed by atoms with Gasteiger partial charge in [0, 0.05) is 24.8 Å². The second kappa shape index (κ2) is 4.13. The summed E-state index contributed by atoms with van der Waals surface area (Å²) in [4.78, 5) is 8.13. The molecule has 0 fully saturated rings. The number of hydrogen-bond donors (Lipinski definition) is 2. The predicted molar refractivity (Wildman–Crippen MR) is 53.5 cm³/mol. The van der Waals surface area contributed by atoms with Gasteiger partial charge in [0.05, 0.1) is 12.4 Å². The van der Waals surface area contributed by atoms with Gasteiger partial charge in [-0.15, -0.1) is 0 Å². The Bertz CT molecular complexity index is 368. The molecule has 0 radical (unpaired) electrons. The zero-order valence-electron chi connectivity index (χ0n) is 7.25. The molecule has 2 N–H and O–H groups in total. The molecule has 2 heterocycles. The van der Waals surface area contributed by atoms with Crippen LogP contribution in [0.2, 0.25) is 0 Å². The maximum atomic E-state index is 4.07. The average molecular weight is 188 g/mol. The van der Waals surface area contributed by atoms with E-state index in [1.165, 1.54) is 0 Å². The van der Waals surface area contributed by atoms with Crippen molar-refractivity contribution in [3.63, 3.8) is 0 Å². The van der Waals surface area contributed by atoms with E-state index in [0.717, 1.165) is 11.4 Å². The van der Waals surface area contributed by atoms with Crippen LogP contribution in [0.25, 0.3) is 0 Å². The summed E-state index contributed by atoms with van der Waals surface area (Å²) in [5, 5.41) is 12.8. The van der Waals surface area contributed by atoms with Gasteiger partial charge >= 0.3 is 0 Å². The van der Waals surface area contributed by atoms with E-state index in [4.69, 9.17) is 0 Å². The van der Waals surface area contributed by atoms with Crippen molar-refractivity contribution in [1.82, 2.24) is 20.4 Å². The molecule has 2 aromatic rings. The third-order valence-electron chi connectivity index (χ3n) is 1.48. The highest BCUT2D eigenvalue weighted by atomic mass is 15.1. The lowest BCUT2D eigenvalue weighted by molar-refractivity contribution is 1.09. The average Bonchev–Trinajstić information content (AvgIpc) is 2.86. The standard InChI is InChI=1S/C8H8N6/c1(9-7-3-11-12-4-7)2-10-8-5-13-14-6-8/h1-6H,(H,11,12)(H,13,14). The van der Waals surface area contributed by atoms with E-state index in [2.05, 4.69) is 30.4 Å². The molecule has 0 saturated heterocycles. The van der Waals surface area contributed by atoms with Crippen molar-refractivity contribution in [3.05, 3.63) is 24.8 Å². The molecule has 0 aromatic carbocycles. The van der Waals surface area contributed by atoms with Crippen molar-refractivity contribution in [2.45, 2.75) is 0 Å². The molecule has 0 atom stereocenters. The first-order valence-corrected chi connectivity index (χ1v) is 3.99. The topological polar surface area (TPSA) is 82.1 Å². The van der Waals surface area contributed by atoms with E-state index in [1.54, 1.807) is 37.2 Å². The first kappa shape index (κ1) is 8.36. The van der Waals surface area contributed by atoms with E-state index in [0.29, 0.717) is 0 Å². The van der Waals surface area contributed by atoms with Crippen LogP contribution in [0.4, 0.5) is 11.4 Å². The lowest BCUT2D eigenvalue weighted by Crippen LogP contribution is -1.71. The lowest BCUT2D eigenvalue weighted by Gasteiger charge is -1.80. The van der Waals surface area contributed by atoms with Gasteiger partial charge in [0.15, 0.2) is 0 Å². The molecule has 0 aliphatic carbocycles. The van der Waals surface area contributed by atoms with Gasteiger partial charge in [0.25, 0.3) is 0 Å². The molecule has 14 heavy (non-hydrogen) atoms. The first-order chi connectivity index (χ1) is 6.95. The van der Waals surface area contributed by atoms with Crippen LogP contribution in [0.1, 0.15) is 0 Å². The molecular formula is C8H8N6. The van der Waals surface area contributed by atoms with Crippen molar-refractivity contribution >= 4 is 23.8 Å². The van der Waals surface area contributed by atoms with Crippen LogP contribution < -0.4 is 0 Å². The minimum atomic E-state index is 0.767. The summed E-state index contributed by atoms with van der Waals surface area (Å²) in [7, 11) is 0. The fraction of sp³-hybridized carbons (Fsp3) is 0. The second-order valence-corrected chi connectivity index (χ2v) is 2.47. The first-order valence-electron chi connectivity index (χ1n) is 3.99. The summed E-state index contributed by atoms with van der Waals surface area (Å²) in [5.41, 5.74) is 1.53. The summed E-state index contributed by atoms with van der Waals surface area (Å²) >= 11 is 0. The normalized spacial score (nSPS) is 11.7. The van der Waals surface area contributed by atoms with Crippen molar-refractivity contribution in [2.24, 2.45) is 9.98 Å². The van der Waals surface area contributed by atoms with E-state index < -0.39 is 0 Å². The second-order valence-electron chi connectivity index (χ2n) is 2.47. The molecule has 0 bridgehead atoms. The molecule has 0 aliphatic heterocycles. The van der Waals surface area contributed by atoms with Gasteiger partial charge in [-0.2, -0.15) is 10.2 Å². The lowest BCUT2D eigenvalue weighted by atomic mass is 10.6. The van der Waals surface area contributed by atoms with Gasteiger partial charge < -0.3 is 0 Å². The Hall–Kier alpha value is -2.24. The molecule has 0 unspecified atom stereocenters. The van der Waals surface area contributed by atoms with Crippen LogP contribution >= 0.6 is 0 Å². The summed E-state index contributed by atoms with van der Waals surface area (Å²) < 4.78 is 0. The van der Waals surface area contributed by atoms with Crippen molar-refractivity contribution in [1.29, 1.82) is 0 Å². The molecule has 6 nitrogen and oxygen atoms in total. The van der Waals surface area contributed by atoms with Crippen LogP contribution in [-0.2, 0) is 0 Å². The quantitative estimate of drug-likeness (QED) is 0.710. The fourth-order valence-electron chi connectivity index (χ4n) is 0.868. The van der Waals surface area contributed by atoms with Crippen LogP contribution in [0, 0.1) is 0 Å². The summed E-state index contributed by atoms with van der Waals surface area (Å²) in [6.45, 7) is 0. The van der Waals surface area contributed by atoms with Gasteiger partial charge in [0.1, 0.15) is 11.4 Å². The van der Waals surface area contributed by atoms with E-state index in [1.807, 2.05) is 0 Å². The molecular weight excluding hydrogens is 180 g/mol. The predicted octanol–water partition coefficient (Wildman–Crippen LogP) is 1.24. The van der Waals surface area contributed by atoms with Gasteiger partial charge in [-0.05, 0) is 0 Å². The number of aromatic nitrogens is 4. The number of aromatic amines is 2. The zero-order valence-corrected chi connectivity index (χ0v) is 7.25. The highest BCUT2D eigenvalue weighted by Gasteiger charge is 1.85. The molecule has 70 valence electrons. The van der Waals surface area contributed by atoms with E-state index >= 15 is 0 Å². The van der Waals surface area contributed by atoms with Crippen LogP contribution in [0.15, 0.2) is 34.8 Å². The van der Waals surface area contributed by atoms with Gasteiger partial charge in [-0.25, -0.2) is 0 Å². The molecule has 0 saturated carbocycles. The number of aliphatic imine (C=N–C) groups is 2. The number of nitrogens with zero attached hydrogens (tertiary/aromatic N) is 4. The Labute approximate surface area is 79.8 Å². The maximum absolute atomic E-state index is 4.07. The van der Waals surface area contributed by atoms with Crippen LogP contribution in [0.3, 0.4) is 0 Å². The Kier molecular flexibility index (Phi) is 2.46. The Morgan fingerprint density at radius 3 is 1.79 bits per heavy atom. The van der Waals surface area contributed by atoms with Crippen LogP contribution in [0.5, 0.6) is 0 Å². The molecule has 0 aliphatic rings. The minimum absolute atomic E-state index is 0.767. The molecule has 0 amide bonds. The summed E-state index contributed by atoms with van der Waals surface area (Å²) in [6.07, 6.45) is 9.84. The van der Waals surface area contributed by atoms with E-state index in [9.17, 15) is 0 Å². The maximum Gasteiger partial charge on any atom is 0.101 e. The molecule has 2 rings (SSSR count). The van der Waals surface area contributed by atoms with Crippen molar-refractivity contribution < 1.29 is 0 Å². The summed E-state index contributed by atoms with van der Waals surface area (Å²) in [6, 6.07) is 0. The Morgan fingerprint density at radius 2 is 1.43 bits per heavy atom. The monoisotopic (exact) mass is 188 g/mol. The third kappa shape index (κ3) is 2.13. The summed E-state index contributed by atoms with van der Waals surface area (Å²) in [5.74, 6) is 0.